The lowest BCUT2D eigenvalue weighted by Crippen LogP contribution is -2.26. The van der Waals surface area contributed by atoms with Crippen molar-refractivity contribution in [2.24, 2.45) is 10.7 Å². The third-order valence-corrected chi connectivity index (χ3v) is 5.09. The number of aliphatic carboxylic acids is 1. The van der Waals surface area contributed by atoms with E-state index >= 15 is 0 Å². The molecule has 0 fully saturated rings. The molecule has 0 saturated heterocycles. The second-order valence-electron chi connectivity index (χ2n) is 6.71. The van der Waals surface area contributed by atoms with Crippen LogP contribution < -0.4 is 5.73 Å². The predicted octanol–water partition coefficient (Wildman–Crippen LogP) is 4.96. The molecule has 0 aliphatic carbocycles. The molecule has 0 saturated carbocycles. The monoisotopic (exact) mass is 491 g/mol. The Labute approximate surface area is 184 Å². The lowest BCUT2D eigenvalue weighted by molar-refractivity contribution is -0.141. The Kier molecular flexibility index (Phi) is 6.17. The van der Waals surface area contributed by atoms with Crippen molar-refractivity contribution in [3.8, 4) is 0 Å². The van der Waals surface area contributed by atoms with Gasteiger partial charge in [0.1, 0.15) is 17.1 Å². The molecule has 31 heavy (non-hydrogen) atoms. The summed E-state index contributed by atoms with van der Waals surface area (Å²) in [6.45, 7) is 1.08. The van der Waals surface area contributed by atoms with Crippen molar-refractivity contribution in [3.63, 3.8) is 0 Å². The van der Waals surface area contributed by atoms with Crippen LogP contribution in [0.15, 0.2) is 76.3 Å². The zero-order valence-electron chi connectivity index (χ0n) is 16.2. The maximum absolute atomic E-state index is 13.0. The van der Waals surface area contributed by atoms with Crippen LogP contribution in [0.3, 0.4) is 0 Å². The Morgan fingerprint density at radius 1 is 1.06 bits per heavy atom. The number of rotatable bonds is 2. The van der Waals surface area contributed by atoms with Gasteiger partial charge in [-0.15, -0.1) is 0 Å². The number of amidine groups is 1. The standard InChI is InChI=1S/C20H13BrF3N3.C2H4O2/c21-14-5-3-4-12(10-14)19(13-8-9-17(26-11-13)20(22,23)24)16-7-2-1-6-15(16)18(25)27-19;1-2(3)4/h1-11H,(H2,25,27);1H3,(H,3,4). The molecular weight excluding hydrogens is 475 g/mol. The van der Waals surface area contributed by atoms with Crippen molar-refractivity contribution in [1.82, 2.24) is 4.98 Å². The Morgan fingerprint density at radius 3 is 2.32 bits per heavy atom. The molecule has 0 spiro atoms. The van der Waals surface area contributed by atoms with Gasteiger partial charge in [-0.25, -0.2) is 4.99 Å². The number of alkyl halides is 3. The third kappa shape index (κ3) is 4.46. The van der Waals surface area contributed by atoms with Gasteiger partial charge in [0.2, 0.25) is 0 Å². The highest BCUT2D eigenvalue weighted by atomic mass is 79.9. The van der Waals surface area contributed by atoms with Crippen LogP contribution in [-0.4, -0.2) is 21.9 Å². The molecule has 160 valence electrons. The largest absolute Gasteiger partial charge is 0.481 e. The van der Waals surface area contributed by atoms with Crippen molar-refractivity contribution in [2.45, 2.75) is 18.6 Å². The van der Waals surface area contributed by atoms with Crippen molar-refractivity contribution >= 4 is 27.7 Å². The van der Waals surface area contributed by atoms with Crippen LogP contribution in [0.2, 0.25) is 0 Å². The quantitative estimate of drug-likeness (QED) is 0.529. The average molecular weight is 492 g/mol. The van der Waals surface area contributed by atoms with Crippen molar-refractivity contribution in [1.29, 1.82) is 0 Å². The fourth-order valence-corrected chi connectivity index (χ4v) is 3.82. The third-order valence-electron chi connectivity index (χ3n) is 4.60. The van der Waals surface area contributed by atoms with Gasteiger partial charge in [-0.2, -0.15) is 13.2 Å². The Bertz CT molecular complexity index is 1140. The number of fused-ring (bicyclic) bond motifs is 1. The van der Waals surface area contributed by atoms with E-state index in [0.29, 0.717) is 11.4 Å². The molecule has 1 aliphatic rings. The lowest BCUT2D eigenvalue weighted by atomic mass is 9.78. The maximum Gasteiger partial charge on any atom is 0.433 e. The molecule has 3 aromatic rings. The summed E-state index contributed by atoms with van der Waals surface area (Å²) >= 11 is 3.45. The van der Waals surface area contributed by atoms with Crippen LogP contribution in [0.4, 0.5) is 13.2 Å². The first-order chi connectivity index (χ1) is 14.6. The van der Waals surface area contributed by atoms with Gasteiger partial charge in [0.15, 0.2) is 0 Å². The van der Waals surface area contributed by atoms with Gasteiger partial charge < -0.3 is 10.8 Å². The smallest absolute Gasteiger partial charge is 0.433 e. The molecule has 1 atom stereocenters. The summed E-state index contributed by atoms with van der Waals surface area (Å²) in [7, 11) is 0. The zero-order valence-corrected chi connectivity index (χ0v) is 17.8. The molecule has 0 bridgehead atoms. The highest BCUT2D eigenvalue weighted by Crippen LogP contribution is 2.46. The minimum absolute atomic E-state index is 0.338. The molecular formula is C22H17BrF3N3O2. The molecule has 0 radical (unpaired) electrons. The van der Waals surface area contributed by atoms with Gasteiger partial charge >= 0.3 is 6.18 Å². The van der Waals surface area contributed by atoms with Crippen LogP contribution in [0, 0.1) is 0 Å². The van der Waals surface area contributed by atoms with Crippen LogP contribution in [0.5, 0.6) is 0 Å². The van der Waals surface area contributed by atoms with Crippen molar-refractivity contribution in [2.75, 3.05) is 0 Å². The number of aromatic nitrogens is 1. The molecule has 0 amide bonds. The van der Waals surface area contributed by atoms with E-state index in [4.69, 9.17) is 20.6 Å². The molecule has 1 aliphatic heterocycles. The summed E-state index contributed by atoms with van der Waals surface area (Å²) in [6.07, 6.45) is -3.28. The van der Waals surface area contributed by atoms with Crippen LogP contribution in [0.25, 0.3) is 0 Å². The number of nitrogens with two attached hydrogens (primary N) is 1. The number of nitrogens with zero attached hydrogens (tertiary/aromatic N) is 2. The number of aliphatic imine (C=N–C) groups is 1. The highest BCUT2D eigenvalue weighted by Gasteiger charge is 2.43. The van der Waals surface area contributed by atoms with Gasteiger partial charge in [-0.1, -0.05) is 58.4 Å². The van der Waals surface area contributed by atoms with Gasteiger partial charge in [0.25, 0.3) is 5.97 Å². The topological polar surface area (TPSA) is 88.6 Å². The van der Waals surface area contributed by atoms with Crippen LogP contribution >= 0.6 is 15.9 Å². The van der Waals surface area contributed by atoms with E-state index in [1.165, 1.54) is 12.3 Å². The molecule has 5 nitrogen and oxygen atoms in total. The summed E-state index contributed by atoms with van der Waals surface area (Å²) in [4.78, 5) is 17.4. The normalized spacial score (nSPS) is 17.3. The van der Waals surface area contributed by atoms with Crippen molar-refractivity contribution in [3.05, 3.63) is 99.3 Å². The molecule has 2 aromatic carbocycles. The second kappa shape index (κ2) is 8.50. The number of halogens is 4. The molecule has 1 aromatic heterocycles. The minimum atomic E-state index is -4.50. The van der Waals surface area contributed by atoms with E-state index in [9.17, 15) is 13.2 Å². The zero-order chi connectivity index (χ0) is 22.8. The number of hydrogen-bond acceptors (Lipinski definition) is 4. The Balaban J connectivity index is 0.000000628. The summed E-state index contributed by atoms with van der Waals surface area (Å²) in [6, 6.07) is 17.3. The Morgan fingerprint density at radius 2 is 1.74 bits per heavy atom. The van der Waals surface area contributed by atoms with Gasteiger partial charge in [-0.05, 0) is 29.3 Å². The fourth-order valence-electron chi connectivity index (χ4n) is 3.42. The maximum atomic E-state index is 13.0. The van der Waals surface area contributed by atoms with Crippen LogP contribution in [0.1, 0.15) is 34.9 Å². The summed E-state index contributed by atoms with van der Waals surface area (Å²) < 4.78 is 39.7. The van der Waals surface area contributed by atoms with E-state index in [1.54, 1.807) is 0 Å². The minimum Gasteiger partial charge on any atom is -0.481 e. The van der Waals surface area contributed by atoms with E-state index in [0.717, 1.165) is 34.2 Å². The second-order valence-corrected chi connectivity index (χ2v) is 7.63. The number of pyridine rings is 1. The van der Waals surface area contributed by atoms with Crippen LogP contribution in [-0.2, 0) is 16.5 Å². The summed E-state index contributed by atoms with van der Waals surface area (Å²) in [5.41, 5.74) is 7.04. The first kappa shape index (κ1) is 22.5. The highest BCUT2D eigenvalue weighted by molar-refractivity contribution is 9.10. The SMILES string of the molecule is CC(=O)O.NC1=NC(c2ccc(C(F)(F)F)nc2)(c2cccc(Br)c2)c2ccccc21. The molecule has 2 heterocycles. The first-order valence-electron chi connectivity index (χ1n) is 9.00. The van der Waals surface area contributed by atoms with Gasteiger partial charge in [-0.3, -0.25) is 9.78 Å². The first-order valence-corrected chi connectivity index (χ1v) is 9.79. The number of hydrogen-bond donors (Lipinski definition) is 2. The molecule has 9 heteroatoms. The van der Waals surface area contributed by atoms with E-state index < -0.39 is 23.4 Å². The molecule has 1 unspecified atom stereocenters. The summed E-state index contributed by atoms with van der Waals surface area (Å²) in [5.74, 6) is -0.495. The number of carbonyl (C=O) groups is 1. The van der Waals surface area contributed by atoms with Gasteiger partial charge in [0.05, 0.1) is 0 Å². The van der Waals surface area contributed by atoms with Crippen molar-refractivity contribution < 1.29 is 23.1 Å². The fraction of sp³-hybridized carbons (Fsp3) is 0.136. The van der Waals surface area contributed by atoms with Gasteiger partial charge in [0, 0.05) is 28.7 Å². The van der Waals surface area contributed by atoms with E-state index in [1.807, 2.05) is 48.5 Å². The number of benzene rings is 2. The summed E-state index contributed by atoms with van der Waals surface area (Å²) in [5, 5.41) is 7.42. The lowest BCUT2D eigenvalue weighted by Gasteiger charge is -2.29. The molecule has 4 rings (SSSR count). The Hall–Kier alpha value is -3.20. The number of carboxylic acid groups (broad SMARTS) is 1. The van der Waals surface area contributed by atoms with E-state index in [2.05, 4.69) is 20.9 Å². The van der Waals surface area contributed by atoms with E-state index in [-0.39, 0.29) is 0 Å². The predicted molar refractivity (Wildman–Crippen MR) is 114 cm³/mol. The number of carboxylic acids is 1. The molecule has 3 N–H and O–H groups in total. The average Bonchev–Trinajstić information content (AvgIpc) is 3.01.